The van der Waals surface area contributed by atoms with Gasteiger partial charge in [0.2, 0.25) is 0 Å². The van der Waals surface area contributed by atoms with Gasteiger partial charge >= 0.3 is 0 Å². The summed E-state index contributed by atoms with van der Waals surface area (Å²) in [6, 6.07) is 0. The van der Waals surface area contributed by atoms with E-state index in [9.17, 15) is 4.79 Å². The fourth-order valence-electron chi connectivity index (χ4n) is 1.97. The minimum atomic E-state index is 0.205. The van der Waals surface area contributed by atoms with Gasteiger partial charge in [-0.05, 0) is 19.3 Å². The summed E-state index contributed by atoms with van der Waals surface area (Å²) in [7, 11) is 0. The van der Waals surface area contributed by atoms with Crippen molar-refractivity contribution < 1.29 is 9.53 Å². The van der Waals surface area contributed by atoms with Crippen LogP contribution in [0.1, 0.15) is 40.5 Å². The van der Waals surface area contributed by atoms with Gasteiger partial charge in [-0.15, -0.1) is 0 Å². The van der Waals surface area contributed by atoms with Crippen LogP contribution in [0.25, 0.3) is 0 Å². The van der Waals surface area contributed by atoms with E-state index in [0.717, 1.165) is 6.42 Å². The molecule has 4 atom stereocenters. The topological polar surface area (TPSA) is 29.6 Å². The highest BCUT2D eigenvalue weighted by atomic mass is 16.6. The third-order valence-corrected chi connectivity index (χ3v) is 2.94. The van der Waals surface area contributed by atoms with E-state index in [1.54, 1.807) is 0 Å². The summed E-state index contributed by atoms with van der Waals surface area (Å²) in [6.45, 7) is 8.22. The molecule has 1 aliphatic rings. The van der Waals surface area contributed by atoms with Crippen LogP contribution in [0.2, 0.25) is 0 Å². The minimum absolute atomic E-state index is 0.205. The fraction of sp³-hybridized carbons (Fsp3) is 0.909. The minimum Gasteiger partial charge on any atom is -0.370 e. The highest BCUT2D eigenvalue weighted by Crippen LogP contribution is 2.32. The first-order valence-electron chi connectivity index (χ1n) is 5.24. The first-order chi connectivity index (χ1) is 6.06. The number of ketones is 1. The molecule has 0 N–H and O–H groups in total. The zero-order valence-electron chi connectivity index (χ0n) is 9.04. The number of epoxide rings is 1. The molecule has 0 bridgehead atoms. The predicted molar refractivity (Wildman–Crippen MR) is 52.6 cm³/mol. The highest BCUT2D eigenvalue weighted by Gasteiger charge is 2.39. The van der Waals surface area contributed by atoms with Crippen molar-refractivity contribution in [3.63, 3.8) is 0 Å². The summed E-state index contributed by atoms with van der Waals surface area (Å²) in [4.78, 5) is 11.3. The number of hydrogen-bond acceptors (Lipinski definition) is 2. The zero-order valence-corrected chi connectivity index (χ0v) is 9.04. The van der Waals surface area contributed by atoms with Crippen molar-refractivity contribution in [3.05, 3.63) is 0 Å². The molecule has 0 radical (unpaired) electrons. The van der Waals surface area contributed by atoms with Gasteiger partial charge in [0.15, 0.2) is 0 Å². The van der Waals surface area contributed by atoms with E-state index in [0.29, 0.717) is 30.3 Å². The molecule has 1 fully saturated rings. The molecule has 1 rings (SSSR count). The lowest BCUT2D eigenvalue weighted by Crippen LogP contribution is -2.16. The van der Waals surface area contributed by atoms with E-state index in [1.807, 2.05) is 13.8 Å². The molecular formula is C11H20O2. The second kappa shape index (κ2) is 4.23. The Hall–Kier alpha value is -0.370. The van der Waals surface area contributed by atoms with Gasteiger partial charge in [0.1, 0.15) is 5.78 Å². The summed E-state index contributed by atoms with van der Waals surface area (Å²) in [5, 5.41) is 0. The zero-order chi connectivity index (χ0) is 10.0. The van der Waals surface area contributed by atoms with Crippen molar-refractivity contribution in [2.75, 3.05) is 0 Å². The van der Waals surface area contributed by atoms with Crippen LogP contribution in [0.15, 0.2) is 0 Å². The fourth-order valence-corrected chi connectivity index (χ4v) is 1.97. The van der Waals surface area contributed by atoms with E-state index in [-0.39, 0.29) is 5.92 Å². The Morgan fingerprint density at radius 3 is 2.38 bits per heavy atom. The molecule has 1 saturated heterocycles. The van der Waals surface area contributed by atoms with Gasteiger partial charge in [0.25, 0.3) is 0 Å². The molecule has 0 spiro atoms. The van der Waals surface area contributed by atoms with Gasteiger partial charge in [0.05, 0.1) is 12.2 Å². The predicted octanol–water partition coefficient (Wildman–Crippen LogP) is 2.42. The summed E-state index contributed by atoms with van der Waals surface area (Å²) in [5.41, 5.74) is 0. The summed E-state index contributed by atoms with van der Waals surface area (Å²) in [6.07, 6.45) is 2.46. The maximum absolute atomic E-state index is 11.3. The van der Waals surface area contributed by atoms with E-state index in [2.05, 4.69) is 13.8 Å². The average molecular weight is 184 g/mol. The molecule has 76 valence electrons. The monoisotopic (exact) mass is 184 g/mol. The molecule has 0 aromatic heterocycles. The van der Waals surface area contributed by atoms with Gasteiger partial charge in [-0.25, -0.2) is 0 Å². The lowest BCUT2D eigenvalue weighted by molar-refractivity contribution is -0.122. The van der Waals surface area contributed by atoms with Gasteiger partial charge in [-0.2, -0.15) is 0 Å². The highest BCUT2D eigenvalue weighted by molar-refractivity contribution is 5.80. The van der Waals surface area contributed by atoms with Crippen LogP contribution in [0.4, 0.5) is 0 Å². The maximum atomic E-state index is 11.3. The van der Waals surface area contributed by atoms with Crippen LogP contribution in [0.5, 0.6) is 0 Å². The van der Waals surface area contributed by atoms with E-state index in [4.69, 9.17) is 4.74 Å². The number of carbonyl (C=O) groups excluding carboxylic acids is 1. The second-order valence-electron chi connectivity index (χ2n) is 4.24. The summed E-state index contributed by atoms with van der Waals surface area (Å²) >= 11 is 0. The van der Waals surface area contributed by atoms with Crippen molar-refractivity contribution in [2.45, 2.75) is 52.7 Å². The molecule has 1 aliphatic heterocycles. The van der Waals surface area contributed by atoms with Gasteiger partial charge in [0, 0.05) is 12.3 Å². The van der Waals surface area contributed by atoms with Crippen LogP contribution >= 0.6 is 0 Å². The molecule has 2 nitrogen and oxygen atoms in total. The molecule has 2 heteroatoms. The first kappa shape index (κ1) is 10.7. The lowest BCUT2D eigenvalue weighted by atomic mass is 9.90. The Balaban J connectivity index is 2.27. The third kappa shape index (κ3) is 2.80. The summed E-state index contributed by atoms with van der Waals surface area (Å²) < 4.78 is 5.38. The maximum Gasteiger partial charge on any atom is 0.135 e. The largest absolute Gasteiger partial charge is 0.370 e. The van der Waals surface area contributed by atoms with Crippen LogP contribution < -0.4 is 0 Å². The average Bonchev–Trinajstić information content (AvgIpc) is 2.81. The number of hydrogen-bond donors (Lipinski definition) is 0. The van der Waals surface area contributed by atoms with Crippen molar-refractivity contribution in [2.24, 2.45) is 11.8 Å². The van der Waals surface area contributed by atoms with Crippen molar-refractivity contribution in [3.8, 4) is 0 Å². The molecule has 0 aromatic rings. The molecule has 0 saturated carbocycles. The molecule has 0 amide bonds. The number of Topliss-reactive ketones (excluding diaryl/α,β-unsaturated/α-hetero) is 1. The SMILES string of the molecule is CCC(=O)C(C)CC(C)C1OC1C. The van der Waals surface area contributed by atoms with E-state index in [1.165, 1.54) is 0 Å². The van der Waals surface area contributed by atoms with Crippen LogP contribution in [0.3, 0.4) is 0 Å². The molecule has 1 heterocycles. The molecule has 13 heavy (non-hydrogen) atoms. The Morgan fingerprint density at radius 1 is 1.46 bits per heavy atom. The molecule has 4 unspecified atom stereocenters. The Kier molecular flexibility index (Phi) is 3.48. The second-order valence-corrected chi connectivity index (χ2v) is 4.24. The Morgan fingerprint density at radius 2 is 2.00 bits per heavy atom. The Bertz CT molecular complexity index is 189. The van der Waals surface area contributed by atoms with Crippen molar-refractivity contribution in [1.29, 1.82) is 0 Å². The van der Waals surface area contributed by atoms with E-state index < -0.39 is 0 Å². The molecular weight excluding hydrogens is 164 g/mol. The van der Waals surface area contributed by atoms with Crippen LogP contribution in [-0.2, 0) is 9.53 Å². The molecule has 0 aliphatic carbocycles. The Labute approximate surface area is 80.7 Å². The van der Waals surface area contributed by atoms with Crippen LogP contribution in [0, 0.1) is 11.8 Å². The quantitative estimate of drug-likeness (QED) is 0.614. The standard InChI is InChI=1S/C11H20O2/c1-5-10(12)7(2)6-8(3)11-9(4)13-11/h7-9,11H,5-6H2,1-4H3. The van der Waals surface area contributed by atoms with Crippen molar-refractivity contribution >= 4 is 5.78 Å². The van der Waals surface area contributed by atoms with Crippen LogP contribution in [-0.4, -0.2) is 18.0 Å². The van der Waals surface area contributed by atoms with E-state index >= 15 is 0 Å². The third-order valence-electron chi connectivity index (χ3n) is 2.94. The van der Waals surface area contributed by atoms with Crippen molar-refractivity contribution in [1.82, 2.24) is 0 Å². The number of carbonyl (C=O) groups is 1. The molecule has 0 aromatic carbocycles. The van der Waals surface area contributed by atoms with Gasteiger partial charge < -0.3 is 4.74 Å². The number of ether oxygens (including phenoxy) is 1. The first-order valence-corrected chi connectivity index (χ1v) is 5.24. The van der Waals surface area contributed by atoms with Gasteiger partial charge in [-0.3, -0.25) is 4.79 Å². The van der Waals surface area contributed by atoms with Gasteiger partial charge in [-0.1, -0.05) is 20.8 Å². The smallest absolute Gasteiger partial charge is 0.135 e. The summed E-state index contributed by atoms with van der Waals surface area (Å²) in [5.74, 6) is 1.11. The lowest BCUT2D eigenvalue weighted by Gasteiger charge is -2.13. The number of rotatable bonds is 5. The normalized spacial score (nSPS) is 31.1.